The van der Waals surface area contributed by atoms with Crippen LogP contribution >= 0.6 is 0 Å². The molecule has 12 rings (SSSR count). The van der Waals surface area contributed by atoms with Crippen molar-refractivity contribution in [1.82, 2.24) is 4.57 Å². The fourth-order valence-electron chi connectivity index (χ4n) is 13.8. The minimum Gasteiger partial charge on any atom is -0.311 e. The average molecular weight is 1100 g/mol. The van der Waals surface area contributed by atoms with Crippen molar-refractivity contribution in [1.29, 1.82) is 0 Å². The molecule has 422 valence electrons. The summed E-state index contributed by atoms with van der Waals surface area (Å²) in [4.78, 5) is 4.73. The maximum Gasteiger partial charge on any atom is 0.0547 e. The summed E-state index contributed by atoms with van der Waals surface area (Å²) >= 11 is 0. The molecule has 0 saturated heterocycles. The molecule has 10 aromatic carbocycles. The third-order valence-corrected chi connectivity index (χ3v) is 18.5. The van der Waals surface area contributed by atoms with Gasteiger partial charge in [0.15, 0.2) is 0 Å². The first-order valence-corrected chi connectivity index (χ1v) is 31.6. The Balaban J connectivity index is 0.868. The number of nitrogens with zero attached hydrogens (tertiary/aromatic N) is 3. The molecule has 84 heavy (non-hydrogen) atoms. The third-order valence-electron chi connectivity index (χ3n) is 18.5. The normalized spacial score (nSPS) is 12.5. The molecular weight excluding hydrogens is 1010 g/mol. The van der Waals surface area contributed by atoms with Crippen molar-refractivity contribution in [3.63, 3.8) is 0 Å². The van der Waals surface area contributed by atoms with Crippen LogP contribution in [0.5, 0.6) is 0 Å². The van der Waals surface area contributed by atoms with E-state index in [-0.39, 0.29) is 5.41 Å². The molecule has 0 spiro atoms. The maximum absolute atomic E-state index is 2.65. The summed E-state index contributed by atoms with van der Waals surface area (Å²) < 4.78 is 2.43. The lowest BCUT2D eigenvalue weighted by Gasteiger charge is -2.34. The number of hydrogen-bond donors (Lipinski definition) is 0. The highest BCUT2D eigenvalue weighted by atomic mass is 15.1. The smallest absolute Gasteiger partial charge is 0.0547 e. The van der Waals surface area contributed by atoms with E-state index in [2.05, 4.69) is 280 Å². The van der Waals surface area contributed by atoms with Crippen LogP contribution in [-0.2, 0) is 5.41 Å². The molecule has 0 N–H and O–H groups in total. The predicted molar refractivity (Wildman–Crippen MR) is 362 cm³/mol. The Morgan fingerprint density at radius 1 is 0.321 bits per heavy atom. The summed E-state index contributed by atoms with van der Waals surface area (Å²) in [7, 11) is 0. The van der Waals surface area contributed by atoms with Crippen molar-refractivity contribution in [2.45, 2.75) is 137 Å². The fraction of sp³-hybridized carbons (Fsp3) is 0.259. The minimum absolute atomic E-state index is 0.0286. The number of anilines is 6. The molecule has 0 bridgehead atoms. The molecule has 0 aliphatic heterocycles. The topological polar surface area (TPSA) is 11.4 Å². The first-order chi connectivity index (χ1) is 41.2. The van der Waals surface area contributed by atoms with E-state index in [0.717, 1.165) is 39.8 Å². The zero-order chi connectivity index (χ0) is 57.6. The highest BCUT2D eigenvalue weighted by Crippen LogP contribution is 2.56. The molecule has 0 fully saturated rings. The second-order valence-corrected chi connectivity index (χ2v) is 24.2. The van der Waals surface area contributed by atoms with Crippen LogP contribution in [0.25, 0.3) is 60.9 Å². The summed E-state index contributed by atoms with van der Waals surface area (Å²) in [6.45, 7) is 13.8. The lowest BCUT2D eigenvalue weighted by Crippen LogP contribution is -2.26. The third kappa shape index (κ3) is 11.3. The number of rotatable bonds is 23. The van der Waals surface area contributed by atoms with Gasteiger partial charge in [-0.15, -0.1) is 0 Å². The van der Waals surface area contributed by atoms with Crippen LogP contribution < -0.4 is 9.80 Å². The van der Waals surface area contributed by atoms with Crippen LogP contribution in [0.1, 0.15) is 137 Å². The van der Waals surface area contributed by atoms with E-state index in [1.807, 2.05) is 0 Å². The zero-order valence-corrected chi connectivity index (χ0v) is 50.6. The Kier molecular flexibility index (Phi) is 16.8. The van der Waals surface area contributed by atoms with Crippen LogP contribution in [0.2, 0.25) is 0 Å². The Morgan fingerprint density at radius 3 is 1.32 bits per heavy atom. The number of aryl methyl sites for hydroxylation is 4. The predicted octanol–water partition coefficient (Wildman–Crippen LogP) is 24.1. The van der Waals surface area contributed by atoms with Crippen LogP contribution in [0.15, 0.2) is 224 Å². The molecule has 1 aromatic heterocycles. The van der Waals surface area contributed by atoms with Crippen molar-refractivity contribution in [2.24, 2.45) is 0 Å². The van der Waals surface area contributed by atoms with Gasteiger partial charge in [0, 0.05) is 56.0 Å². The van der Waals surface area contributed by atoms with Crippen LogP contribution in [0.4, 0.5) is 34.1 Å². The quantitative estimate of drug-likeness (QED) is 0.0592. The van der Waals surface area contributed by atoms with E-state index >= 15 is 0 Å². The fourth-order valence-corrected chi connectivity index (χ4v) is 13.8. The van der Waals surface area contributed by atoms with Gasteiger partial charge >= 0.3 is 0 Å². The van der Waals surface area contributed by atoms with Gasteiger partial charge in [-0.1, -0.05) is 218 Å². The molecule has 0 atom stereocenters. The van der Waals surface area contributed by atoms with Gasteiger partial charge < -0.3 is 14.4 Å². The molecule has 0 unspecified atom stereocenters. The number of benzene rings is 10. The van der Waals surface area contributed by atoms with Crippen molar-refractivity contribution in [2.75, 3.05) is 9.80 Å². The zero-order valence-electron chi connectivity index (χ0n) is 50.6. The van der Waals surface area contributed by atoms with Crippen molar-refractivity contribution in [3.05, 3.63) is 258 Å². The number of aromatic nitrogens is 1. The summed E-state index contributed by atoms with van der Waals surface area (Å²) in [5.74, 6) is 0. The van der Waals surface area contributed by atoms with Crippen molar-refractivity contribution >= 4 is 55.9 Å². The summed E-state index contributed by atoms with van der Waals surface area (Å²) in [5, 5.41) is 2.49. The summed E-state index contributed by atoms with van der Waals surface area (Å²) in [6.07, 6.45) is 18.3. The molecule has 3 nitrogen and oxygen atoms in total. The molecule has 1 aliphatic carbocycles. The second kappa shape index (κ2) is 25.2. The molecule has 1 aliphatic rings. The summed E-state index contributed by atoms with van der Waals surface area (Å²) in [6, 6.07) is 84.0. The van der Waals surface area contributed by atoms with Gasteiger partial charge in [-0.3, -0.25) is 0 Å². The van der Waals surface area contributed by atoms with E-state index in [1.54, 1.807) is 11.1 Å². The van der Waals surface area contributed by atoms with Gasteiger partial charge in [0.05, 0.1) is 11.0 Å². The first-order valence-electron chi connectivity index (χ1n) is 31.6. The Hall–Kier alpha value is -8.40. The van der Waals surface area contributed by atoms with Crippen molar-refractivity contribution < 1.29 is 0 Å². The molecule has 0 saturated carbocycles. The highest BCUT2D eigenvalue weighted by molar-refractivity contribution is 6.10. The van der Waals surface area contributed by atoms with E-state index < -0.39 is 0 Å². The number of para-hydroxylation sites is 3. The maximum atomic E-state index is 2.65. The highest BCUT2D eigenvalue weighted by Gasteiger charge is 2.43. The Labute approximate surface area is 501 Å². The molecule has 11 aromatic rings. The number of fused-ring (bicyclic) bond motifs is 6. The van der Waals surface area contributed by atoms with Crippen molar-refractivity contribution in [3.8, 4) is 39.1 Å². The number of hydrogen-bond acceptors (Lipinski definition) is 2. The lowest BCUT2D eigenvalue weighted by molar-refractivity contribution is 0.397. The second-order valence-electron chi connectivity index (χ2n) is 24.2. The first kappa shape index (κ1) is 56.1. The standard InChI is InChI=1S/C81H83N3/c1-7-9-11-13-15-25-51-81(52-26-16-14-12-10-8-2)77-55-60(5)59(4)53-75(77)76-54-61(6)74(57-78(76)81)63-37-44-69(45-38-63)83(67-40-33-58(3)34-41-67)68-42-35-62(36-43-68)64-39-50-73-72-31-23-24-32-79(72)84(80(73)56-64)71-48-46-70(47-49-71)82(65-27-19-17-20-28-65)66-29-21-18-22-30-66/h17-24,27-50,53-57H,7-16,25-26,51-52H2,1-6H3. The SMILES string of the molecule is CCCCCCCCC1(CCCCCCCC)c2cc(C)c(C)cc2-c2cc(C)c(-c3ccc(N(c4ccc(C)cc4)c4ccc(-c5ccc6c7ccccc7n(-c7ccc(N(c8ccccc8)c8ccccc8)cc7)c6c5)cc4)cc3)cc21. The van der Waals surface area contributed by atoms with E-state index in [9.17, 15) is 0 Å². The van der Waals surface area contributed by atoms with Gasteiger partial charge in [-0.2, -0.15) is 0 Å². The number of unbranched alkanes of at least 4 members (excludes halogenated alkanes) is 10. The van der Waals surface area contributed by atoms with E-state index in [1.165, 1.54) is 167 Å². The largest absolute Gasteiger partial charge is 0.311 e. The molecular formula is C81H83N3. The van der Waals surface area contributed by atoms with Crippen LogP contribution in [-0.4, -0.2) is 4.57 Å². The molecule has 0 radical (unpaired) electrons. The Bertz CT molecular complexity index is 3940. The van der Waals surface area contributed by atoms with Gasteiger partial charge in [0.2, 0.25) is 0 Å². The molecule has 3 heteroatoms. The lowest BCUT2D eigenvalue weighted by atomic mass is 9.69. The van der Waals surface area contributed by atoms with E-state index in [0.29, 0.717) is 0 Å². The van der Waals surface area contributed by atoms with Crippen LogP contribution in [0, 0.1) is 27.7 Å². The van der Waals surface area contributed by atoms with Crippen LogP contribution in [0.3, 0.4) is 0 Å². The molecule has 1 heterocycles. The Morgan fingerprint density at radius 2 is 0.750 bits per heavy atom. The molecule has 0 amide bonds. The van der Waals surface area contributed by atoms with E-state index in [4.69, 9.17) is 0 Å². The van der Waals surface area contributed by atoms with Gasteiger partial charge in [-0.25, -0.2) is 0 Å². The average Bonchev–Trinajstić information content (AvgIpc) is 3.26. The summed E-state index contributed by atoms with van der Waals surface area (Å²) in [5.41, 5.74) is 26.8. The monoisotopic (exact) mass is 1100 g/mol. The van der Waals surface area contributed by atoms with Gasteiger partial charge in [-0.05, 0) is 205 Å². The van der Waals surface area contributed by atoms with Gasteiger partial charge in [0.25, 0.3) is 0 Å². The van der Waals surface area contributed by atoms with Gasteiger partial charge in [0.1, 0.15) is 0 Å². The minimum atomic E-state index is 0.0286.